The third kappa shape index (κ3) is 1.98. The summed E-state index contributed by atoms with van der Waals surface area (Å²) in [5, 5.41) is 1.81. The summed E-state index contributed by atoms with van der Waals surface area (Å²) in [5.74, 6) is 0.136. The second kappa shape index (κ2) is 3.96. The maximum absolute atomic E-state index is 12.1. The molecule has 82 valence electrons. The molecular formula is C11H17N3O. The molecule has 0 bridgehead atoms. The minimum Gasteiger partial charge on any atom is -0.336 e. The fraction of sp³-hybridized carbons (Fsp3) is 0.545. The maximum atomic E-state index is 12.1. The van der Waals surface area contributed by atoms with Crippen molar-refractivity contribution < 1.29 is 4.79 Å². The standard InChI is InChI=1S/C11H17N3O/c1-9-4-3-6-14(9)11(15)10-5-7-13(2)12-8-10/h5,7-9,12H,3-4,6H2,1-2H3/t9-/m1/s1. The van der Waals surface area contributed by atoms with E-state index in [1.807, 2.05) is 29.2 Å². The Kier molecular flexibility index (Phi) is 2.66. The van der Waals surface area contributed by atoms with E-state index in [-0.39, 0.29) is 5.91 Å². The van der Waals surface area contributed by atoms with Crippen LogP contribution in [0.3, 0.4) is 0 Å². The summed E-state index contributed by atoms with van der Waals surface area (Å²) in [7, 11) is 1.90. The minimum absolute atomic E-state index is 0.136. The molecule has 0 aromatic rings. The summed E-state index contributed by atoms with van der Waals surface area (Å²) in [4.78, 5) is 14.0. The van der Waals surface area contributed by atoms with Crippen molar-refractivity contribution in [2.45, 2.75) is 25.8 Å². The van der Waals surface area contributed by atoms with Gasteiger partial charge in [-0.2, -0.15) is 0 Å². The van der Waals surface area contributed by atoms with E-state index >= 15 is 0 Å². The lowest BCUT2D eigenvalue weighted by molar-refractivity contribution is -0.127. The van der Waals surface area contributed by atoms with Gasteiger partial charge in [-0.05, 0) is 25.8 Å². The molecule has 4 heteroatoms. The van der Waals surface area contributed by atoms with Crippen molar-refractivity contribution in [2.24, 2.45) is 0 Å². The first-order valence-electron chi connectivity index (χ1n) is 5.37. The van der Waals surface area contributed by atoms with Crippen LogP contribution in [0.15, 0.2) is 24.0 Å². The van der Waals surface area contributed by atoms with E-state index in [2.05, 4.69) is 12.3 Å². The predicted molar refractivity (Wildman–Crippen MR) is 58.5 cm³/mol. The SMILES string of the molecule is C[C@@H]1CCCN1C(=O)C1=CNN(C)C=C1. The van der Waals surface area contributed by atoms with Gasteiger partial charge in [0.2, 0.25) is 0 Å². The van der Waals surface area contributed by atoms with Crippen molar-refractivity contribution in [3.8, 4) is 0 Å². The highest BCUT2D eigenvalue weighted by molar-refractivity contribution is 5.96. The van der Waals surface area contributed by atoms with Crippen molar-refractivity contribution in [1.29, 1.82) is 0 Å². The van der Waals surface area contributed by atoms with E-state index in [4.69, 9.17) is 0 Å². The number of likely N-dealkylation sites (tertiary alicyclic amines) is 1. The van der Waals surface area contributed by atoms with Gasteiger partial charge in [-0.3, -0.25) is 9.80 Å². The molecule has 1 atom stereocenters. The minimum atomic E-state index is 0.136. The molecule has 4 nitrogen and oxygen atoms in total. The van der Waals surface area contributed by atoms with Gasteiger partial charge < -0.3 is 10.3 Å². The topological polar surface area (TPSA) is 35.6 Å². The molecule has 1 amide bonds. The lowest BCUT2D eigenvalue weighted by atomic mass is 10.2. The van der Waals surface area contributed by atoms with Gasteiger partial charge in [-0.15, -0.1) is 0 Å². The number of carbonyl (C=O) groups is 1. The molecule has 1 fully saturated rings. The van der Waals surface area contributed by atoms with Crippen LogP contribution >= 0.6 is 0 Å². The van der Waals surface area contributed by atoms with Gasteiger partial charge in [0.25, 0.3) is 5.91 Å². The Balaban J connectivity index is 2.05. The largest absolute Gasteiger partial charge is 0.336 e. The first-order valence-corrected chi connectivity index (χ1v) is 5.37. The summed E-state index contributed by atoms with van der Waals surface area (Å²) in [6, 6.07) is 0.381. The Morgan fingerprint density at radius 3 is 2.93 bits per heavy atom. The fourth-order valence-corrected chi connectivity index (χ4v) is 1.99. The molecule has 0 aliphatic carbocycles. The third-order valence-electron chi connectivity index (χ3n) is 2.96. The van der Waals surface area contributed by atoms with E-state index in [1.165, 1.54) is 0 Å². The Labute approximate surface area is 90.2 Å². The number of amides is 1. The average Bonchev–Trinajstić information content (AvgIpc) is 2.65. The zero-order chi connectivity index (χ0) is 10.8. The lowest BCUT2D eigenvalue weighted by Crippen LogP contribution is -2.37. The zero-order valence-corrected chi connectivity index (χ0v) is 9.23. The molecular weight excluding hydrogens is 190 g/mol. The molecule has 2 aliphatic rings. The molecule has 2 heterocycles. The van der Waals surface area contributed by atoms with Gasteiger partial charge in [0.1, 0.15) is 0 Å². The lowest BCUT2D eigenvalue weighted by Gasteiger charge is -2.24. The van der Waals surface area contributed by atoms with Crippen LogP contribution in [0.1, 0.15) is 19.8 Å². The number of nitrogens with zero attached hydrogens (tertiary/aromatic N) is 2. The van der Waals surface area contributed by atoms with E-state index in [0.29, 0.717) is 6.04 Å². The number of rotatable bonds is 1. The molecule has 2 rings (SSSR count). The highest BCUT2D eigenvalue weighted by atomic mass is 16.2. The second-order valence-electron chi connectivity index (χ2n) is 4.15. The summed E-state index contributed by atoms with van der Waals surface area (Å²) in [5.41, 5.74) is 3.73. The van der Waals surface area contributed by atoms with Gasteiger partial charge in [-0.1, -0.05) is 0 Å². The van der Waals surface area contributed by atoms with Gasteiger partial charge in [0, 0.05) is 32.0 Å². The van der Waals surface area contributed by atoms with Gasteiger partial charge in [-0.25, -0.2) is 0 Å². The predicted octanol–water partition coefficient (Wildman–Crippen LogP) is 0.845. The third-order valence-corrected chi connectivity index (χ3v) is 2.96. The quantitative estimate of drug-likeness (QED) is 0.692. The molecule has 15 heavy (non-hydrogen) atoms. The van der Waals surface area contributed by atoms with Crippen molar-refractivity contribution in [3.05, 3.63) is 24.0 Å². The van der Waals surface area contributed by atoms with E-state index in [1.54, 1.807) is 6.20 Å². The number of hydrogen-bond acceptors (Lipinski definition) is 3. The normalized spacial score (nSPS) is 25.2. The fourth-order valence-electron chi connectivity index (χ4n) is 1.99. The molecule has 0 unspecified atom stereocenters. The van der Waals surface area contributed by atoms with Crippen molar-refractivity contribution in [3.63, 3.8) is 0 Å². The highest BCUT2D eigenvalue weighted by Gasteiger charge is 2.26. The van der Waals surface area contributed by atoms with Crippen LogP contribution in [0.2, 0.25) is 0 Å². The highest BCUT2D eigenvalue weighted by Crippen LogP contribution is 2.19. The number of nitrogens with one attached hydrogen (secondary N) is 1. The van der Waals surface area contributed by atoms with Crippen LogP contribution < -0.4 is 5.43 Å². The molecule has 0 spiro atoms. The summed E-state index contributed by atoms with van der Waals surface area (Å²) in [6.45, 7) is 3.00. The molecule has 0 radical (unpaired) electrons. The zero-order valence-electron chi connectivity index (χ0n) is 9.23. The van der Waals surface area contributed by atoms with Crippen molar-refractivity contribution >= 4 is 5.91 Å². The van der Waals surface area contributed by atoms with Crippen LogP contribution in [0.4, 0.5) is 0 Å². The summed E-state index contributed by atoms with van der Waals surface area (Å²) in [6.07, 6.45) is 7.71. The second-order valence-corrected chi connectivity index (χ2v) is 4.15. The van der Waals surface area contributed by atoms with Crippen LogP contribution in [-0.2, 0) is 4.79 Å². The van der Waals surface area contributed by atoms with Crippen LogP contribution in [-0.4, -0.2) is 35.5 Å². The average molecular weight is 207 g/mol. The van der Waals surface area contributed by atoms with E-state index in [9.17, 15) is 4.79 Å². The van der Waals surface area contributed by atoms with E-state index in [0.717, 1.165) is 25.0 Å². The van der Waals surface area contributed by atoms with Crippen molar-refractivity contribution in [1.82, 2.24) is 15.3 Å². The first kappa shape index (κ1) is 10.1. The number of hydrazine groups is 1. The maximum Gasteiger partial charge on any atom is 0.255 e. The Bertz CT molecular complexity index is 322. The number of hydrogen-bond donors (Lipinski definition) is 1. The Morgan fingerprint density at radius 2 is 2.40 bits per heavy atom. The monoisotopic (exact) mass is 207 g/mol. The molecule has 1 N–H and O–H groups in total. The molecule has 0 aromatic heterocycles. The molecule has 0 aromatic carbocycles. The van der Waals surface area contributed by atoms with E-state index < -0.39 is 0 Å². The summed E-state index contributed by atoms with van der Waals surface area (Å²) >= 11 is 0. The van der Waals surface area contributed by atoms with Crippen molar-refractivity contribution in [2.75, 3.05) is 13.6 Å². The summed E-state index contributed by atoms with van der Waals surface area (Å²) < 4.78 is 0. The van der Waals surface area contributed by atoms with Crippen LogP contribution in [0.25, 0.3) is 0 Å². The Hall–Kier alpha value is -1.45. The number of carbonyl (C=O) groups excluding carboxylic acids is 1. The molecule has 2 aliphatic heterocycles. The van der Waals surface area contributed by atoms with Gasteiger partial charge >= 0.3 is 0 Å². The van der Waals surface area contributed by atoms with Gasteiger partial charge in [0.15, 0.2) is 0 Å². The molecule has 0 saturated carbocycles. The Morgan fingerprint density at radius 1 is 1.60 bits per heavy atom. The van der Waals surface area contributed by atoms with Crippen LogP contribution in [0, 0.1) is 0 Å². The molecule has 1 saturated heterocycles. The van der Waals surface area contributed by atoms with Gasteiger partial charge in [0.05, 0.1) is 5.57 Å². The smallest absolute Gasteiger partial charge is 0.255 e. The van der Waals surface area contributed by atoms with Crippen LogP contribution in [0.5, 0.6) is 0 Å². The first-order chi connectivity index (χ1) is 7.18.